The van der Waals surface area contributed by atoms with Crippen molar-refractivity contribution >= 4 is 23.7 Å². The highest BCUT2D eigenvalue weighted by Gasteiger charge is 2.15. The summed E-state index contributed by atoms with van der Waals surface area (Å²) in [6.07, 6.45) is 3.32. The van der Waals surface area contributed by atoms with Crippen LogP contribution in [0.2, 0.25) is 0 Å². The molecule has 0 aliphatic carbocycles. The topological polar surface area (TPSA) is 72.0 Å². The molecule has 0 amide bonds. The summed E-state index contributed by atoms with van der Waals surface area (Å²) in [5, 5.41) is 6.54. The number of nitrogens with zero attached hydrogens (tertiary/aromatic N) is 3. The summed E-state index contributed by atoms with van der Waals surface area (Å²) in [6, 6.07) is 0.800. The summed E-state index contributed by atoms with van der Waals surface area (Å²) in [5.74, 6) is 3.56. The van der Waals surface area contributed by atoms with Gasteiger partial charge in [-0.05, 0) is 30.8 Å². The van der Waals surface area contributed by atoms with E-state index >= 15 is 0 Å². The third-order valence-electron chi connectivity index (χ3n) is 2.89. The summed E-state index contributed by atoms with van der Waals surface area (Å²) < 4.78 is 5.12. The zero-order chi connectivity index (χ0) is 13.5. The summed E-state index contributed by atoms with van der Waals surface area (Å²) in [6.45, 7) is 2.94. The van der Waals surface area contributed by atoms with E-state index in [1.165, 1.54) is 11.5 Å². The van der Waals surface area contributed by atoms with Gasteiger partial charge in [0.1, 0.15) is 0 Å². The third-order valence-corrected chi connectivity index (χ3v) is 3.93. The third kappa shape index (κ3) is 4.41. The van der Waals surface area contributed by atoms with Gasteiger partial charge in [-0.15, -0.1) is 0 Å². The van der Waals surface area contributed by atoms with E-state index in [0.717, 1.165) is 25.8 Å². The summed E-state index contributed by atoms with van der Waals surface area (Å²) >= 11 is 2.00. The number of hydrogen-bond donors (Lipinski definition) is 2. The molecule has 1 aliphatic heterocycles. The minimum absolute atomic E-state index is 0.348. The normalized spacial score (nSPS) is 16.1. The Balaban J connectivity index is 2.04. The van der Waals surface area contributed by atoms with E-state index in [9.17, 15) is 0 Å². The highest BCUT2D eigenvalue weighted by molar-refractivity contribution is 7.99. The second kappa shape index (κ2) is 7.37. The van der Waals surface area contributed by atoms with Crippen LogP contribution in [-0.2, 0) is 0 Å². The van der Waals surface area contributed by atoms with Gasteiger partial charge >= 0.3 is 6.01 Å². The molecule has 1 aromatic rings. The lowest BCUT2D eigenvalue weighted by Crippen LogP contribution is -2.26. The molecular formula is C12H21N5OS. The number of hydrogen-bond acceptors (Lipinski definition) is 7. The van der Waals surface area contributed by atoms with Crippen molar-refractivity contribution in [3.05, 3.63) is 0 Å². The lowest BCUT2D eigenvalue weighted by atomic mass is 10.2. The first kappa shape index (κ1) is 14.2. The van der Waals surface area contributed by atoms with Crippen molar-refractivity contribution in [3.63, 3.8) is 0 Å². The standard InChI is InChI=1S/C12H21N5OS/c1-3-6-13-10-15-11(17-12(16-10)18-2)14-9-4-7-19-8-5-9/h9H,3-8H2,1-2H3,(H2,13,14,15,16,17). The Hall–Kier alpha value is -1.24. The summed E-state index contributed by atoms with van der Waals surface area (Å²) in [5.41, 5.74) is 0. The fraction of sp³-hybridized carbons (Fsp3) is 0.750. The number of rotatable bonds is 6. The molecule has 1 fully saturated rings. The van der Waals surface area contributed by atoms with Crippen molar-refractivity contribution in [2.24, 2.45) is 0 Å². The fourth-order valence-electron chi connectivity index (χ4n) is 1.85. The van der Waals surface area contributed by atoms with E-state index in [-0.39, 0.29) is 0 Å². The van der Waals surface area contributed by atoms with Crippen molar-refractivity contribution in [2.75, 3.05) is 35.8 Å². The van der Waals surface area contributed by atoms with Crippen molar-refractivity contribution in [1.29, 1.82) is 0 Å². The van der Waals surface area contributed by atoms with E-state index < -0.39 is 0 Å². The van der Waals surface area contributed by atoms with Gasteiger partial charge in [0.15, 0.2) is 0 Å². The number of aromatic nitrogens is 3. The Bertz CT molecular complexity index is 398. The van der Waals surface area contributed by atoms with Gasteiger partial charge in [-0.25, -0.2) is 0 Å². The van der Waals surface area contributed by atoms with Gasteiger partial charge in [0.05, 0.1) is 7.11 Å². The lowest BCUT2D eigenvalue weighted by Gasteiger charge is -2.22. The van der Waals surface area contributed by atoms with Gasteiger partial charge in [-0.1, -0.05) is 6.92 Å². The molecule has 0 atom stereocenters. The van der Waals surface area contributed by atoms with Crippen LogP contribution in [0.5, 0.6) is 6.01 Å². The monoisotopic (exact) mass is 283 g/mol. The van der Waals surface area contributed by atoms with Crippen LogP contribution in [0.3, 0.4) is 0 Å². The van der Waals surface area contributed by atoms with Gasteiger partial charge in [-0.3, -0.25) is 0 Å². The van der Waals surface area contributed by atoms with Crippen LogP contribution in [0, 0.1) is 0 Å². The maximum absolute atomic E-state index is 5.12. The molecule has 0 unspecified atom stereocenters. The fourth-order valence-corrected chi connectivity index (χ4v) is 2.96. The smallest absolute Gasteiger partial charge is 0.322 e. The van der Waals surface area contributed by atoms with E-state index in [2.05, 4.69) is 32.5 Å². The molecule has 2 heterocycles. The first-order valence-corrected chi connectivity index (χ1v) is 7.85. The predicted octanol–water partition coefficient (Wildman–Crippen LogP) is 2.01. The van der Waals surface area contributed by atoms with Gasteiger partial charge in [0.25, 0.3) is 0 Å². The molecular weight excluding hydrogens is 262 g/mol. The molecule has 0 aromatic carbocycles. The van der Waals surface area contributed by atoms with Crippen LogP contribution in [0.25, 0.3) is 0 Å². The van der Waals surface area contributed by atoms with Gasteiger partial charge in [-0.2, -0.15) is 26.7 Å². The predicted molar refractivity (Wildman–Crippen MR) is 79.1 cm³/mol. The van der Waals surface area contributed by atoms with E-state index in [4.69, 9.17) is 4.74 Å². The van der Waals surface area contributed by atoms with E-state index in [1.54, 1.807) is 7.11 Å². The second-order valence-corrected chi connectivity index (χ2v) is 5.65. The molecule has 0 spiro atoms. The minimum Gasteiger partial charge on any atom is -0.467 e. The highest BCUT2D eigenvalue weighted by atomic mass is 32.2. The average molecular weight is 283 g/mol. The van der Waals surface area contributed by atoms with Gasteiger partial charge in [0.2, 0.25) is 11.9 Å². The maximum Gasteiger partial charge on any atom is 0.322 e. The molecule has 0 saturated carbocycles. The van der Waals surface area contributed by atoms with Crippen molar-refractivity contribution < 1.29 is 4.74 Å². The Kier molecular flexibility index (Phi) is 5.50. The highest BCUT2D eigenvalue weighted by Crippen LogP contribution is 2.20. The summed E-state index contributed by atoms with van der Waals surface area (Å²) in [7, 11) is 1.57. The van der Waals surface area contributed by atoms with Crippen LogP contribution >= 0.6 is 11.8 Å². The molecule has 7 heteroatoms. The molecule has 0 radical (unpaired) electrons. The molecule has 2 rings (SSSR count). The van der Waals surface area contributed by atoms with Crippen LogP contribution in [0.15, 0.2) is 0 Å². The molecule has 6 nitrogen and oxygen atoms in total. The molecule has 0 bridgehead atoms. The van der Waals surface area contributed by atoms with E-state index in [0.29, 0.717) is 23.9 Å². The average Bonchev–Trinajstić information content (AvgIpc) is 2.46. The maximum atomic E-state index is 5.12. The van der Waals surface area contributed by atoms with Crippen molar-refractivity contribution in [2.45, 2.75) is 32.2 Å². The summed E-state index contributed by atoms with van der Waals surface area (Å²) in [4.78, 5) is 12.8. The first-order valence-electron chi connectivity index (χ1n) is 6.70. The lowest BCUT2D eigenvalue weighted by molar-refractivity contribution is 0.379. The van der Waals surface area contributed by atoms with Crippen LogP contribution in [0.4, 0.5) is 11.9 Å². The number of ether oxygens (including phenoxy) is 1. The van der Waals surface area contributed by atoms with Gasteiger partial charge < -0.3 is 15.4 Å². The molecule has 19 heavy (non-hydrogen) atoms. The Morgan fingerprint density at radius 1 is 1.21 bits per heavy atom. The van der Waals surface area contributed by atoms with Crippen LogP contribution < -0.4 is 15.4 Å². The molecule has 2 N–H and O–H groups in total. The van der Waals surface area contributed by atoms with Crippen LogP contribution in [0.1, 0.15) is 26.2 Å². The number of nitrogens with one attached hydrogen (secondary N) is 2. The largest absolute Gasteiger partial charge is 0.467 e. The quantitative estimate of drug-likeness (QED) is 0.827. The molecule has 1 aromatic heterocycles. The number of thioether (sulfide) groups is 1. The Morgan fingerprint density at radius 3 is 2.63 bits per heavy atom. The number of anilines is 2. The van der Waals surface area contributed by atoms with E-state index in [1.807, 2.05) is 11.8 Å². The molecule has 106 valence electrons. The Labute approximate surface area is 118 Å². The first-order chi connectivity index (χ1) is 9.31. The second-order valence-electron chi connectivity index (χ2n) is 4.43. The molecule has 1 aliphatic rings. The Morgan fingerprint density at radius 2 is 1.95 bits per heavy atom. The molecule has 1 saturated heterocycles. The zero-order valence-corrected chi connectivity index (χ0v) is 12.3. The minimum atomic E-state index is 0.348. The van der Waals surface area contributed by atoms with Gasteiger partial charge in [0, 0.05) is 12.6 Å². The number of methoxy groups -OCH3 is 1. The SMILES string of the molecule is CCCNc1nc(NC2CCSCC2)nc(OC)n1. The zero-order valence-electron chi connectivity index (χ0n) is 11.5. The van der Waals surface area contributed by atoms with Crippen molar-refractivity contribution in [3.8, 4) is 6.01 Å². The van der Waals surface area contributed by atoms with Crippen LogP contribution in [-0.4, -0.2) is 46.2 Å². The van der Waals surface area contributed by atoms with Crippen molar-refractivity contribution in [1.82, 2.24) is 15.0 Å².